The molecule has 1 unspecified atom stereocenters. The average Bonchev–Trinajstić information content (AvgIpc) is 2.52. The molecule has 0 saturated heterocycles. The standard InChI is InChI=1S/C13H18N4O/c1-7-6-8(2)15-13(14-7)17-10(4)12(11(5)18)9(3)16-17/h6,11,18H,1-5H3. The average molecular weight is 246 g/mol. The lowest BCUT2D eigenvalue weighted by Crippen LogP contribution is -2.07. The SMILES string of the molecule is Cc1cc(C)nc(-n2nc(C)c(C(C)O)c2C)n1. The third-order valence-corrected chi connectivity index (χ3v) is 2.92. The first kappa shape index (κ1) is 12.7. The van der Waals surface area contributed by atoms with Crippen LogP contribution in [0.3, 0.4) is 0 Å². The van der Waals surface area contributed by atoms with Crippen LogP contribution in [0.1, 0.15) is 41.4 Å². The van der Waals surface area contributed by atoms with E-state index in [1.54, 1.807) is 11.6 Å². The maximum absolute atomic E-state index is 9.76. The van der Waals surface area contributed by atoms with Crippen LogP contribution in [0.25, 0.3) is 5.95 Å². The summed E-state index contributed by atoms with van der Waals surface area (Å²) in [7, 11) is 0. The first-order valence-electron chi connectivity index (χ1n) is 5.97. The van der Waals surface area contributed by atoms with Gasteiger partial charge in [-0.3, -0.25) is 0 Å². The van der Waals surface area contributed by atoms with Gasteiger partial charge < -0.3 is 5.11 Å². The predicted molar refractivity (Wildman–Crippen MR) is 68.7 cm³/mol. The van der Waals surface area contributed by atoms with Gasteiger partial charge in [-0.2, -0.15) is 5.10 Å². The summed E-state index contributed by atoms with van der Waals surface area (Å²) in [6.07, 6.45) is -0.537. The van der Waals surface area contributed by atoms with Crippen LogP contribution in [0, 0.1) is 27.7 Å². The zero-order chi connectivity index (χ0) is 13.4. The Hall–Kier alpha value is -1.75. The molecule has 2 heterocycles. The second-order valence-corrected chi connectivity index (χ2v) is 4.62. The number of hydrogen-bond acceptors (Lipinski definition) is 4. The van der Waals surface area contributed by atoms with E-state index in [4.69, 9.17) is 0 Å². The highest BCUT2D eigenvalue weighted by atomic mass is 16.3. The molecule has 0 radical (unpaired) electrons. The molecule has 5 heteroatoms. The van der Waals surface area contributed by atoms with Gasteiger partial charge in [0.25, 0.3) is 5.95 Å². The third-order valence-electron chi connectivity index (χ3n) is 2.92. The molecule has 0 bridgehead atoms. The van der Waals surface area contributed by atoms with E-state index >= 15 is 0 Å². The first-order valence-corrected chi connectivity index (χ1v) is 5.97. The number of nitrogens with zero attached hydrogens (tertiary/aromatic N) is 4. The fourth-order valence-corrected chi connectivity index (χ4v) is 2.26. The van der Waals surface area contributed by atoms with E-state index in [1.807, 2.05) is 33.8 Å². The predicted octanol–water partition coefficient (Wildman–Crippen LogP) is 1.95. The molecule has 0 fully saturated rings. The van der Waals surface area contributed by atoms with Gasteiger partial charge in [0.1, 0.15) is 0 Å². The zero-order valence-electron chi connectivity index (χ0n) is 11.4. The normalized spacial score (nSPS) is 12.8. The second-order valence-electron chi connectivity index (χ2n) is 4.62. The number of aromatic nitrogens is 4. The summed E-state index contributed by atoms with van der Waals surface area (Å²) in [6.45, 7) is 9.40. The summed E-state index contributed by atoms with van der Waals surface area (Å²) < 4.78 is 1.69. The van der Waals surface area contributed by atoms with E-state index in [-0.39, 0.29) is 0 Å². The summed E-state index contributed by atoms with van der Waals surface area (Å²) >= 11 is 0. The molecule has 0 spiro atoms. The van der Waals surface area contributed by atoms with E-state index in [0.29, 0.717) is 5.95 Å². The van der Waals surface area contributed by atoms with Gasteiger partial charge in [-0.25, -0.2) is 14.6 Å². The maximum Gasteiger partial charge on any atom is 0.251 e. The summed E-state index contributed by atoms with van der Waals surface area (Å²) in [5.41, 5.74) is 4.35. The largest absolute Gasteiger partial charge is 0.389 e. The molecule has 2 aromatic rings. The molecule has 0 amide bonds. The highest BCUT2D eigenvalue weighted by Gasteiger charge is 2.17. The Morgan fingerprint density at radius 1 is 1.11 bits per heavy atom. The Kier molecular flexibility index (Phi) is 3.17. The van der Waals surface area contributed by atoms with Crippen LogP contribution in [0.2, 0.25) is 0 Å². The van der Waals surface area contributed by atoms with Gasteiger partial charge in [-0.1, -0.05) is 0 Å². The minimum absolute atomic E-state index is 0.537. The van der Waals surface area contributed by atoms with E-state index < -0.39 is 6.10 Å². The lowest BCUT2D eigenvalue weighted by atomic mass is 10.1. The Morgan fingerprint density at radius 3 is 2.11 bits per heavy atom. The van der Waals surface area contributed by atoms with Crippen LogP contribution in [0.5, 0.6) is 0 Å². The van der Waals surface area contributed by atoms with Crippen molar-refractivity contribution in [2.45, 2.75) is 40.7 Å². The van der Waals surface area contributed by atoms with Crippen molar-refractivity contribution in [2.24, 2.45) is 0 Å². The summed E-state index contributed by atoms with van der Waals surface area (Å²) in [5, 5.41) is 14.2. The molecule has 5 nitrogen and oxygen atoms in total. The van der Waals surface area contributed by atoms with Crippen molar-refractivity contribution in [3.8, 4) is 5.95 Å². The molecule has 0 aliphatic rings. The lowest BCUT2D eigenvalue weighted by Gasteiger charge is -2.07. The number of rotatable bonds is 2. The molecule has 96 valence electrons. The van der Waals surface area contributed by atoms with Crippen LogP contribution < -0.4 is 0 Å². The van der Waals surface area contributed by atoms with Crippen molar-refractivity contribution < 1.29 is 5.11 Å². The van der Waals surface area contributed by atoms with Crippen molar-refractivity contribution in [1.82, 2.24) is 19.7 Å². The number of aliphatic hydroxyl groups is 1. The molecule has 0 aromatic carbocycles. The second kappa shape index (κ2) is 4.49. The molecule has 2 rings (SSSR count). The van der Waals surface area contributed by atoms with Crippen molar-refractivity contribution in [2.75, 3.05) is 0 Å². The minimum atomic E-state index is -0.537. The summed E-state index contributed by atoms with van der Waals surface area (Å²) in [6, 6.07) is 1.92. The molecule has 0 saturated carbocycles. The Morgan fingerprint density at radius 2 is 1.67 bits per heavy atom. The lowest BCUT2D eigenvalue weighted by molar-refractivity contribution is 0.197. The zero-order valence-corrected chi connectivity index (χ0v) is 11.4. The van der Waals surface area contributed by atoms with Crippen molar-refractivity contribution >= 4 is 0 Å². The quantitative estimate of drug-likeness (QED) is 0.879. The molecule has 2 aromatic heterocycles. The van der Waals surface area contributed by atoms with Gasteiger partial charge in [-0.05, 0) is 40.7 Å². The van der Waals surface area contributed by atoms with Crippen LogP contribution >= 0.6 is 0 Å². The van der Waals surface area contributed by atoms with Crippen molar-refractivity contribution in [3.63, 3.8) is 0 Å². The molecular weight excluding hydrogens is 228 g/mol. The van der Waals surface area contributed by atoms with E-state index in [1.165, 1.54) is 0 Å². The van der Waals surface area contributed by atoms with E-state index in [0.717, 1.165) is 28.3 Å². The number of aliphatic hydroxyl groups excluding tert-OH is 1. The highest BCUT2D eigenvalue weighted by Crippen LogP contribution is 2.22. The Labute approximate surface area is 107 Å². The molecule has 18 heavy (non-hydrogen) atoms. The maximum atomic E-state index is 9.76. The van der Waals surface area contributed by atoms with Gasteiger partial charge in [0.05, 0.1) is 17.5 Å². The van der Waals surface area contributed by atoms with E-state index in [2.05, 4.69) is 15.1 Å². The van der Waals surface area contributed by atoms with Crippen LogP contribution in [0.15, 0.2) is 6.07 Å². The molecule has 1 N–H and O–H groups in total. The van der Waals surface area contributed by atoms with Gasteiger partial charge >= 0.3 is 0 Å². The van der Waals surface area contributed by atoms with Crippen LogP contribution in [0.4, 0.5) is 0 Å². The number of hydrogen-bond donors (Lipinski definition) is 1. The Bertz CT molecular complexity index is 567. The third kappa shape index (κ3) is 2.13. The Balaban J connectivity index is 2.61. The molecular formula is C13H18N4O. The fraction of sp³-hybridized carbons (Fsp3) is 0.462. The van der Waals surface area contributed by atoms with Crippen molar-refractivity contribution in [3.05, 3.63) is 34.4 Å². The van der Waals surface area contributed by atoms with Gasteiger partial charge in [0.15, 0.2) is 0 Å². The van der Waals surface area contributed by atoms with Gasteiger partial charge in [0.2, 0.25) is 0 Å². The topological polar surface area (TPSA) is 63.8 Å². The summed E-state index contributed by atoms with van der Waals surface area (Å²) in [4.78, 5) is 8.77. The first-order chi connectivity index (χ1) is 8.40. The summed E-state index contributed by atoms with van der Waals surface area (Å²) in [5.74, 6) is 0.556. The number of aryl methyl sites for hydroxylation is 3. The van der Waals surface area contributed by atoms with E-state index in [9.17, 15) is 5.11 Å². The molecule has 0 aliphatic carbocycles. The molecule has 1 atom stereocenters. The van der Waals surface area contributed by atoms with Gasteiger partial charge in [-0.15, -0.1) is 0 Å². The van der Waals surface area contributed by atoms with Crippen LogP contribution in [-0.2, 0) is 0 Å². The van der Waals surface area contributed by atoms with Crippen molar-refractivity contribution in [1.29, 1.82) is 0 Å². The smallest absolute Gasteiger partial charge is 0.251 e. The minimum Gasteiger partial charge on any atom is -0.389 e. The molecule has 0 aliphatic heterocycles. The monoisotopic (exact) mass is 246 g/mol. The van der Waals surface area contributed by atoms with Crippen LogP contribution in [-0.4, -0.2) is 24.9 Å². The highest BCUT2D eigenvalue weighted by molar-refractivity contribution is 5.31. The fourth-order valence-electron chi connectivity index (χ4n) is 2.26. The van der Waals surface area contributed by atoms with Gasteiger partial charge in [0, 0.05) is 17.0 Å².